The maximum Gasteiger partial charge on any atom is 0.152 e. The van der Waals surface area contributed by atoms with Crippen LogP contribution in [-0.4, -0.2) is 43.4 Å². The highest BCUT2D eigenvalue weighted by molar-refractivity contribution is 9.10. The second kappa shape index (κ2) is 6.80. The first-order chi connectivity index (χ1) is 8.82. The fourth-order valence-corrected chi connectivity index (χ4v) is 2.97. The molecule has 0 radical (unpaired) electrons. The van der Waals surface area contributed by atoms with Crippen LogP contribution < -0.4 is 11.3 Å². The van der Waals surface area contributed by atoms with Gasteiger partial charge in [0.2, 0.25) is 0 Å². The van der Waals surface area contributed by atoms with Crippen molar-refractivity contribution in [3.63, 3.8) is 0 Å². The molecular formula is C10H19BrN4O3S. The van der Waals surface area contributed by atoms with Gasteiger partial charge in [-0.25, -0.2) is 8.42 Å². The van der Waals surface area contributed by atoms with Gasteiger partial charge < -0.3 is 4.74 Å². The van der Waals surface area contributed by atoms with E-state index in [0.29, 0.717) is 23.3 Å². The lowest BCUT2D eigenvalue weighted by atomic mass is 10.1. The SMILES string of the molecule is COCCn1ncc(Br)c1C(NN)C(C)S(C)(=O)=O. The maximum absolute atomic E-state index is 11.7. The molecule has 0 fully saturated rings. The first kappa shape index (κ1) is 16.6. The summed E-state index contributed by atoms with van der Waals surface area (Å²) in [6.07, 6.45) is 2.80. The van der Waals surface area contributed by atoms with Gasteiger partial charge in [-0.1, -0.05) is 0 Å². The molecule has 0 saturated carbocycles. The highest BCUT2D eigenvalue weighted by Crippen LogP contribution is 2.27. The Morgan fingerprint density at radius 2 is 2.26 bits per heavy atom. The Morgan fingerprint density at radius 1 is 1.63 bits per heavy atom. The summed E-state index contributed by atoms with van der Waals surface area (Å²) in [6, 6.07) is -0.552. The van der Waals surface area contributed by atoms with E-state index in [1.54, 1.807) is 24.9 Å². The molecule has 1 rings (SSSR count). The quantitative estimate of drug-likeness (QED) is 0.537. The third-order valence-corrected chi connectivity index (χ3v) is 5.19. The minimum absolute atomic E-state index is 0.478. The fourth-order valence-electron chi connectivity index (χ4n) is 1.72. The van der Waals surface area contributed by atoms with Crippen LogP contribution in [0, 0.1) is 0 Å². The summed E-state index contributed by atoms with van der Waals surface area (Å²) in [7, 11) is -1.64. The van der Waals surface area contributed by atoms with Gasteiger partial charge in [0.15, 0.2) is 9.84 Å². The fraction of sp³-hybridized carbons (Fsp3) is 0.700. The lowest BCUT2D eigenvalue weighted by Crippen LogP contribution is -2.40. The summed E-state index contributed by atoms with van der Waals surface area (Å²) in [5.74, 6) is 5.52. The Balaban J connectivity index is 3.14. The van der Waals surface area contributed by atoms with E-state index in [1.165, 1.54) is 6.26 Å². The van der Waals surface area contributed by atoms with Crippen LogP contribution in [0.2, 0.25) is 0 Å². The monoisotopic (exact) mass is 354 g/mol. The summed E-state index contributed by atoms with van der Waals surface area (Å²) >= 11 is 3.37. The van der Waals surface area contributed by atoms with Gasteiger partial charge in [0, 0.05) is 13.4 Å². The number of nitrogens with one attached hydrogen (secondary N) is 1. The molecule has 0 aliphatic heterocycles. The highest BCUT2D eigenvalue weighted by Gasteiger charge is 2.30. The molecule has 7 nitrogen and oxygen atoms in total. The normalized spacial score (nSPS) is 15.4. The number of halogens is 1. The molecule has 9 heteroatoms. The average Bonchev–Trinajstić information content (AvgIpc) is 2.69. The topological polar surface area (TPSA) is 99.2 Å². The zero-order valence-electron chi connectivity index (χ0n) is 11.1. The summed E-state index contributed by atoms with van der Waals surface area (Å²) in [5, 5.41) is 3.51. The van der Waals surface area contributed by atoms with Crippen LogP contribution in [0.15, 0.2) is 10.7 Å². The van der Waals surface area contributed by atoms with Gasteiger partial charge in [0.05, 0.1) is 40.8 Å². The molecule has 2 atom stereocenters. The number of aromatic nitrogens is 2. The third-order valence-electron chi connectivity index (χ3n) is 2.96. The van der Waals surface area contributed by atoms with Crippen LogP contribution in [0.4, 0.5) is 0 Å². The van der Waals surface area contributed by atoms with Crippen molar-refractivity contribution >= 4 is 25.8 Å². The number of sulfone groups is 1. The smallest absolute Gasteiger partial charge is 0.152 e. The molecular weight excluding hydrogens is 336 g/mol. The Kier molecular flexibility index (Phi) is 5.93. The molecule has 1 aromatic rings. The molecule has 2 unspecified atom stereocenters. The van der Waals surface area contributed by atoms with E-state index < -0.39 is 21.1 Å². The van der Waals surface area contributed by atoms with Crippen molar-refractivity contribution in [1.82, 2.24) is 15.2 Å². The number of ether oxygens (including phenoxy) is 1. The standard InChI is InChI=1S/C10H19BrN4O3S/c1-7(19(3,16)17)9(14-12)10-8(11)6-13-15(10)4-5-18-2/h6-7,9,14H,4-5,12H2,1-3H3. The number of rotatable bonds is 7. The molecule has 1 aromatic heterocycles. The van der Waals surface area contributed by atoms with E-state index in [9.17, 15) is 8.42 Å². The van der Waals surface area contributed by atoms with Gasteiger partial charge in [-0.15, -0.1) is 0 Å². The van der Waals surface area contributed by atoms with Crippen molar-refractivity contribution in [2.24, 2.45) is 5.84 Å². The zero-order valence-corrected chi connectivity index (χ0v) is 13.5. The summed E-state index contributed by atoms with van der Waals surface area (Å²) in [6.45, 7) is 2.61. The summed E-state index contributed by atoms with van der Waals surface area (Å²) in [4.78, 5) is 0. The molecule has 3 N–H and O–H groups in total. The molecule has 110 valence electrons. The van der Waals surface area contributed by atoms with E-state index in [2.05, 4.69) is 26.5 Å². The van der Waals surface area contributed by atoms with E-state index in [4.69, 9.17) is 10.6 Å². The second-order valence-electron chi connectivity index (χ2n) is 4.27. The third kappa shape index (κ3) is 3.99. The largest absolute Gasteiger partial charge is 0.383 e. The van der Waals surface area contributed by atoms with Crippen molar-refractivity contribution in [2.75, 3.05) is 20.0 Å². The van der Waals surface area contributed by atoms with Crippen LogP contribution in [0.1, 0.15) is 18.7 Å². The van der Waals surface area contributed by atoms with E-state index >= 15 is 0 Å². The van der Waals surface area contributed by atoms with Crippen molar-refractivity contribution in [3.05, 3.63) is 16.4 Å². The molecule has 0 aromatic carbocycles. The van der Waals surface area contributed by atoms with E-state index in [1.807, 2.05) is 0 Å². The summed E-state index contributed by atoms with van der Waals surface area (Å²) in [5.41, 5.74) is 3.25. The average molecular weight is 355 g/mol. The Labute approximate surface area is 121 Å². The first-order valence-electron chi connectivity index (χ1n) is 5.68. The molecule has 0 aliphatic carbocycles. The number of hydrazine groups is 1. The Morgan fingerprint density at radius 3 is 2.74 bits per heavy atom. The van der Waals surface area contributed by atoms with Crippen LogP contribution in [-0.2, 0) is 21.1 Å². The predicted molar refractivity (Wildman–Crippen MR) is 76.2 cm³/mol. The van der Waals surface area contributed by atoms with Gasteiger partial charge in [-0.3, -0.25) is 16.0 Å². The van der Waals surface area contributed by atoms with Gasteiger partial charge in [-0.2, -0.15) is 5.10 Å². The van der Waals surface area contributed by atoms with Crippen LogP contribution in [0.25, 0.3) is 0 Å². The Hall–Kier alpha value is -0.480. The lowest BCUT2D eigenvalue weighted by Gasteiger charge is -2.23. The molecule has 0 amide bonds. The predicted octanol–water partition coefficient (Wildman–Crippen LogP) is 0.230. The van der Waals surface area contributed by atoms with E-state index in [-0.39, 0.29) is 0 Å². The number of hydrogen-bond donors (Lipinski definition) is 2. The number of nitrogens with zero attached hydrogens (tertiary/aromatic N) is 2. The number of hydrogen-bond acceptors (Lipinski definition) is 6. The highest BCUT2D eigenvalue weighted by atomic mass is 79.9. The van der Waals surface area contributed by atoms with Crippen molar-refractivity contribution < 1.29 is 13.2 Å². The number of nitrogens with two attached hydrogens (primary N) is 1. The molecule has 0 bridgehead atoms. The lowest BCUT2D eigenvalue weighted by molar-refractivity contribution is 0.181. The minimum Gasteiger partial charge on any atom is -0.383 e. The van der Waals surface area contributed by atoms with Crippen molar-refractivity contribution in [3.8, 4) is 0 Å². The first-order valence-corrected chi connectivity index (χ1v) is 8.42. The summed E-state index contributed by atoms with van der Waals surface area (Å²) < 4.78 is 30.8. The zero-order chi connectivity index (χ0) is 14.6. The van der Waals surface area contributed by atoms with Gasteiger partial charge in [0.1, 0.15) is 0 Å². The van der Waals surface area contributed by atoms with Gasteiger partial charge in [0.25, 0.3) is 0 Å². The van der Waals surface area contributed by atoms with Crippen molar-refractivity contribution in [1.29, 1.82) is 0 Å². The van der Waals surface area contributed by atoms with Crippen LogP contribution in [0.3, 0.4) is 0 Å². The van der Waals surface area contributed by atoms with Gasteiger partial charge in [-0.05, 0) is 22.9 Å². The maximum atomic E-state index is 11.7. The molecule has 0 spiro atoms. The second-order valence-corrected chi connectivity index (χ2v) is 7.53. The molecule has 19 heavy (non-hydrogen) atoms. The van der Waals surface area contributed by atoms with Crippen LogP contribution in [0.5, 0.6) is 0 Å². The molecule has 0 saturated heterocycles. The Bertz CT molecular complexity index is 517. The van der Waals surface area contributed by atoms with Crippen LogP contribution >= 0.6 is 15.9 Å². The molecule has 0 aliphatic rings. The molecule has 1 heterocycles. The van der Waals surface area contributed by atoms with Gasteiger partial charge >= 0.3 is 0 Å². The van der Waals surface area contributed by atoms with Crippen molar-refractivity contribution in [2.45, 2.75) is 24.8 Å². The minimum atomic E-state index is -3.23. The van der Waals surface area contributed by atoms with E-state index in [0.717, 1.165) is 0 Å². The number of methoxy groups -OCH3 is 1.